The molecule has 1 saturated heterocycles. The predicted octanol–water partition coefficient (Wildman–Crippen LogP) is 4.99. The molecule has 0 aromatic heterocycles. The Labute approximate surface area is 195 Å². The first kappa shape index (κ1) is 23.0. The second kappa shape index (κ2) is 9.00. The molecule has 4 rings (SSSR count). The van der Waals surface area contributed by atoms with Gasteiger partial charge in [-0.25, -0.2) is 4.79 Å². The number of aryl methyl sites for hydroxylation is 1. The Morgan fingerprint density at radius 1 is 0.970 bits per heavy atom. The maximum absolute atomic E-state index is 13.0. The molecule has 2 aromatic carbocycles. The van der Waals surface area contributed by atoms with Gasteiger partial charge in [0, 0.05) is 36.2 Å². The highest BCUT2D eigenvalue weighted by atomic mass is 16.6. The Kier molecular flexibility index (Phi) is 6.28. The predicted molar refractivity (Wildman–Crippen MR) is 127 cm³/mol. The summed E-state index contributed by atoms with van der Waals surface area (Å²) >= 11 is 0. The number of benzene rings is 2. The average Bonchev–Trinajstić information content (AvgIpc) is 3.43. The summed E-state index contributed by atoms with van der Waals surface area (Å²) in [6, 6.07) is 13.6. The summed E-state index contributed by atoms with van der Waals surface area (Å²) in [4.78, 5) is 39.4. The Hall–Kier alpha value is -3.15. The van der Waals surface area contributed by atoms with E-state index in [0.717, 1.165) is 29.5 Å². The fourth-order valence-electron chi connectivity index (χ4n) is 4.09. The molecule has 2 fully saturated rings. The van der Waals surface area contributed by atoms with Gasteiger partial charge in [-0.15, -0.1) is 0 Å². The second-order valence-corrected chi connectivity index (χ2v) is 10.1. The molecule has 0 spiro atoms. The lowest BCUT2D eigenvalue weighted by Crippen LogP contribution is -2.35. The van der Waals surface area contributed by atoms with Crippen LogP contribution < -0.4 is 5.32 Å². The van der Waals surface area contributed by atoms with Gasteiger partial charge >= 0.3 is 6.09 Å². The van der Waals surface area contributed by atoms with Crippen LogP contribution in [0.25, 0.3) is 11.1 Å². The van der Waals surface area contributed by atoms with E-state index in [1.165, 1.54) is 0 Å². The molecule has 6 nitrogen and oxygen atoms in total. The summed E-state index contributed by atoms with van der Waals surface area (Å²) in [6.45, 7) is 8.43. The van der Waals surface area contributed by atoms with Crippen LogP contribution in [-0.4, -0.2) is 47.4 Å². The van der Waals surface area contributed by atoms with Gasteiger partial charge in [-0.05, 0) is 75.8 Å². The number of ketones is 1. The van der Waals surface area contributed by atoms with E-state index < -0.39 is 5.60 Å². The fraction of sp³-hybridized carbons (Fsp3) is 0.444. The first-order valence-electron chi connectivity index (χ1n) is 11.6. The van der Waals surface area contributed by atoms with E-state index in [0.29, 0.717) is 36.7 Å². The Morgan fingerprint density at radius 2 is 1.64 bits per heavy atom. The fourth-order valence-corrected chi connectivity index (χ4v) is 4.09. The molecule has 0 bridgehead atoms. The molecule has 1 N–H and O–H groups in total. The molecule has 2 amide bonds. The van der Waals surface area contributed by atoms with E-state index in [9.17, 15) is 14.4 Å². The molecule has 1 saturated carbocycles. The van der Waals surface area contributed by atoms with Crippen LogP contribution in [-0.2, 0) is 4.74 Å². The highest BCUT2D eigenvalue weighted by molar-refractivity contribution is 5.99. The lowest BCUT2D eigenvalue weighted by atomic mass is 9.93. The molecule has 1 unspecified atom stereocenters. The molecule has 1 heterocycles. The molecular weight excluding hydrogens is 416 g/mol. The van der Waals surface area contributed by atoms with E-state index in [1.807, 2.05) is 70.2 Å². The van der Waals surface area contributed by atoms with E-state index in [4.69, 9.17) is 4.74 Å². The minimum Gasteiger partial charge on any atom is -0.444 e. The number of carbonyl (C=O) groups is 3. The first-order valence-corrected chi connectivity index (χ1v) is 11.6. The topological polar surface area (TPSA) is 75.7 Å². The molecule has 0 radical (unpaired) electrons. The third kappa shape index (κ3) is 5.62. The van der Waals surface area contributed by atoms with Crippen molar-refractivity contribution in [2.45, 2.75) is 58.6 Å². The molecule has 1 aliphatic carbocycles. The Morgan fingerprint density at radius 3 is 2.27 bits per heavy atom. The molecular formula is C27H32N2O4. The summed E-state index contributed by atoms with van der Waals surface area (Å²) in [5.41, 5.74) is 3.75. The van der Waals surface area contributed by atoms with E-state index in [2.05, 4.69) is 5.32 Å². The van der Waals surface area contributed by atoms with Gasteiger partial charge in [0.15, 0.2) is 5.78 Å². The van der Waals surface area contributed by atoms with Crippen molar-refractivity contribution < 1.29 is 19.1 Å². The van der Waals surface area contributed by atoms with Crippen molar-refractivity contribution in [2.24, 2.45) is 5.92 Å². The number of Topliss-reactive ketones (excluding diaryl/α,β-unsaturated/α-hetero) is 1. The van der Waals surface area contributed by atoms with E-state index >= 15 is 0 Å². The van der Waals surface area contributed by atoms with Gasteiger partial charge in [-0.1, -0.05) is 30.3 Å². The molecule has 2 aromatic rings. The minimum atomic E-state index is -0.553. The zero-order valence-electron chi connectivity index (χ0n) is 19.8. The molecule has 1 atom stereocenters. The van der Waals surface area contributed by atoms with Crippen LogP contribution in [0.15, 0.2) is 42.5 Å². The van der Waals surface area contributed by atoms with Crippen LogP contribution in [0.2, 0.25) is 0 Å². The third-order valence-corrected chi connectivity index (χ3v) is 6.10. The SMILES string of the molecule is Cc1ccc(C(=O)NC2CC2)cc1-c1ccc(C(=O)C2CCN(C(=O)OC(C)(C)C)C2)cc1. The number of nitrogens with zero attached hydrogens (tertiary/aromatic N) is 1. The van der Waals surface area contributed by atoms with Crippen LogP contribution in [0.1, 0.15) is 66.3 Å². The zero-order chi connectivity index (χ0) is 23.8. The number of nitrogens with one attached hydrogen (secondary N) is 1. The summed E-state index contributed by atoms with van der Waals surface area (Å²) in [6.07, 6.45) is 2.37. The van der Waals surface area contributed by atoms with Crippen LogP contribution >= 0.6 is 0 Å². The maximum Gasteiger partial charge on any atom is 0.410 e. The summed E-state index contributed by atoms with van der Waals surface area (Å²) < 4.78 is 5.43. The van der Waals surface area contributed by atoms with Crippen LogP contribution in [0.5, 0.6) is 0 Å². The number of amides is 2. The highest BCUT2D eigenvalue weighted by Gasteiger charge is 2.33. The number of ether oxygens (including phenoxy) is 1. The van der Waals surface area contributed by atoms with Crippen molar-refractivity contribution >= 4 is 17.8 Å². The average molecular weight is 449 g/mol. The minimum absolute atomic E-state index is 0.0404. The van der Waals surface area contributed by atoms with Crippen molar-refractivity contribution in [3.8, 4) is 11.1 Å². The normalized spacial score (nSPS) is 18.2. The smallest absolute Gasteiger partial charge is 0.410 e. The van der Waals surface area contributed by atoms with Crippen molar-refractivity contribution in [3.05, 3.63) is 59.2 Å². The molecule has 33 heavy (non-hydrogen) atoms. The molecule has 174 valence electrons. The quantitative estimate of drug-likeness (QED) is 0.654. The number of rotatable bonds is 5. The van der Waals surface area contributed by atoms with Gasteiger partial charge < -0.3 is 15.0 Å². The van der Waals surface area contributed by atoms with Crippen LogP contribution in [0.3, 0.4) is 0 Å². The highest BCUT2D eigenvalue weighted by Crippen LogP contribution is 2.28. The summed E-state index contributed by atoms with van der Waals surface area (Å²) in [5.74, 6) is -0.220. The third-order valence-electron chi connectivity index (χ3n) is 6.10. The van der Waals surface area contributed by atoms with Crippen molar-refractivity contribution in [2.75, 3.05) is 13.1 Å². The van der Waals surface area contributed by atoms with Crippen molar-refractivity contribution in [3.63, 3.8) is 0 Å². The molecule has 1 aliphatic heterocycles. The monoisotopic (exact) mass is 448 g/mol. The van der Waals surface area contributed by atoms with Crippen molar-refractivity contribution in [1.82, 2.24) is 10.2 Å². The lowest BCUT2D eigenvalue weighted by molar-refractivity contribution is 0.0289. The van der Waals surface area contributed by atoms with Gasteiger partial charge in [0.1, 0.15) is 5.60 Å². The van der Waals surface area contributed by atoms with Gasteiger partial charge in [-0.2, -0.15) is 0 Å². The van der Waals surface area contributed by atoms with Gasteiger partial charge in [-0.3, -0.25) is 9.59 Å². The van der Waals surface area contributed by atoms with Gasteiger partial charge in [0.2, 0.25) is 0 Å². The van der Waals surface area contributed by atoms with Gasteiger partial charge in [0.05, 0.1) is 0 Å². The van der Waals surface area contributed by atoms with Crippen LogP contribution in [0, 0.1) is 12.8 Å². The van der Waals surface area contributed by atoms with Crippen molar-refractivity contribution in [1.29, 1.82) is 0 Å². The number of hydrogen-bond donors (Lipinski definition) is 1. The summed E-state index contributed by atoms with van der Waals surface area (Å²) in [7, 11) is 0. The summed E-state index contributed by atoms with van der Waals surface area (Å²) in [5, 5.41) is 3.03. The zero-order valence-corrected chi connectivity index (χ0v) is 19.8. The van der Waals surface area contributed by atoms with Gasteiger partial charge in [0.25, 0.3) is 5.91 Å². The Balaban J connectivity index is 1.44. The number of hydrogen-bond acceptors (Lipinski definition) is 4. The molecule has 2 aliphatic rings. The second-order valence-electron chi connectivity index (χ2n) is 10.1. The maximum atomic E-state index is 13.0. The largest absolute Gasteiger partial charge is 0.444 e. The standard InChI is InChI=1S/C27H32N2O4/c1-17-5-6-20(25(31)28-22-11-12-22)15-23(17)18-7-9-19(10-8-18)24(30)21-13-14-29(16-21)26(32)33-27(2,3)4/h5-10,15,21-22H,11-14,16H2,1-4H3,(H,28,31). The Bertz CT molecular complexity index is 1060. The number of carbonyl (C=O) groups excluding carboxylic acids is 3. The van der Waals surface area contributed by atoms with Crippen LogP contribution in [0.4, 0.5) is 4.79 Å². The van der Waals surface area contributed by atoms with E-state index in [1.54, 1.807) is 4.90 Å². The lowest BCUT2D eigenvalue weighted by Gasteiger charge is -2.24. The molecule has 6 heteroatoms. The number of likely N-dealkylation sites (tertiary alicyclic amines) is 1. The first-order chi connectivity index (χ1) is 15.6. The van der Waals surface area contributed by atoms with E-state index in [-0.39, 0.29) is 23.7 Å².